The molecule has 2 rings (SSSR count). The summed E-state index contributed by atoms with van der Waals surface area (Å²) in [7, 11) is 0. The third-order valence-corrected chi connectivity index (χ3v) is 3.01. The number of rotatable bonds is 0. The van der Waals surface area contributed by atoms with E-state index in [0.29, 0.717) is 11.3 Å². The lowest BCUT2D eigenvalue weighted by Gasteiger charge is -2.29. The van der Waals surface area contributed by atoms with E-state index in [1.807, 2.05) is 0 Å². The molecule has 1 aliphatic carbocycles. The third kappa shape index (κ3) is 1.25. The zero-order valence-corrected chi connectivity index (χ0v) is 8.65. The van der Waals surface area contributed by atoms with Crippen LogP contribution in [0.4, 0.5) is 0 Å². The van der Waals surface area contributed by atoms with Gasteiger partial charge in [0.05, 0.1) is 17.5 Å². The van der Waals surface area contributed by atoms with Crippen LogP contribution in [0.15, 0.2) is 28.5 Å². The smallest absolute Gasteiger partial charge is 0.188 e. The number of nitrogens with two attached hydrogens (primary N) is 1. The first-order valence-corrected chi connectivity index (χ1v) is 4.79. The lowest BCUT2D eigenvalue weighted by molar-refractivity contribution is -0.127. The van der Waals surface area contributed by atoms with E-state index >= 15 is 0 Å². The third-order valence-electron chi connectivity index (χ3n) is 3.01. The molecule has 2 aliphatic rings. The molecule has 0 radical (unpaired) electrons. The predicted molar refractivity (Wildman–Crippen MR) is 56.1 cm³/mol. The van der Waals surface area contributed by atoms with Gasteiger partial charge in [0.25, 0.3) is 0 Å². The number of fused-ring (bicyclic) bond motifs is 1. The molecule has 0 amide bonds. The Bertz CT molecular complexity index is 444. The second kappa shape index (κ2) is 3.15. The molecule has 1 heterocycles. The lowest BCUT2D eigenvalue weighted by Crippen LogP contribution is -2.43. The Labute approximate surface area is 87.6 Å². The van der Waals surface area contributed by atoms with E-state index in [-0.39, 0.29) is 17.3 Å². The monoisotopic (exact) mass is 204 g/mol. The second-order valence-electron chi connectivity index (χ2n) is 3.88. The van der Waals surface area contributed by atoms with E-state index < -0.39 is 11.8 Å². The Kier molecular flexibility index (Phi) is 2.07. The van der Waals surface area contributed by atoms with E-state index in [0.717, 1.165) is 0 Å². The van der Waals surface area contributed by atoms with Gasteiger partial charge in [0, 0.05) is 17.5 Å². The van der Waals surface area contributed by atoms with Crippen molar-refractivity contribution in [1.82, 2.24) is 0 Å². The van der Waals surface area contributed by atoms with Crippen molar-refractivity contribution in [2.45, 2.75) is 13.8 Å². The van der Waals surface area contributed by atoms with Crippen LogP contribution in [-0.4, -0.2) is 17.3 Å². The maximum Gasteiger partial charge on any atom is 0.188 e. The van der Waals surface area contributed by atoms with E-state index in [4.69, 9.17) is 5.73 Å². The van der Waals surface area contributed by atoms with Gasteiger partial charge in [0.15, 0.2) is 11.6 Å². The van der Waals surface area contributed by atoms with Gasteiger partial charge in [-0.3, -0.25) is 14.6 Å². The molecule has 15 heavy (non-hydrogen) atoms. The number of nitrogens with zero attached hydrogens (tertiary/aromatic N) is 1. The molecule has 2 N–H and O–H groups in total. The number of hydrogen-bond donors (Lipinski definition) is 1. The Balaban J connectivity index is 2.56. The molecule has 0 aromatic carbocycles. The summed E-state index contributed by atoms with van der Waals surface area (Å²) in [6.45, 7) is 3.35. The van der Waals surface area contributed by atoms with Crippen LogP contribution < -0.4 is 5.73 Å². The van der Waals surface area contributed by atoms with Crippen molar-refractivity contribution in [2.75, 3.05) is 0 Å². The predicted octanol–water partition coefficient (Wildman–Crippen LogP) is 0.592. The summed E-state index contributed by atoms with van der Waals surface area (Å²) in [5.41, 5.74) is 6.74. The maximum absolute atomic E-state index is 11.9. The summed E-state index contributed by atoms with van der Waals surface area (Å²) >= 11 is 0. The number of carbonyl (C=O) groups excluding carboxylic acids is 2. The summed E-state index contributed by atoms with van der Waals surface area (Å²) < 4.78 is 0. The molecule has 0 aromatic heterocycles. The van der Waals surface area contributed by atoms with Crippen molar-refractivity contribution in [2.24, 2.45) is 22.6 Å². The normalized spacial score (nSPS) is 30.4. The Morgan fingerprint density at radius 3 is 2.60 bits per heavy atom. The fourth-order valence-corrected chi connectivity index (χ4v) is 2.03. The summed E-state index contributed by atoms with van der Waals surface area (Å²) in [4.78, 5) is 27.8. The highest BCUT2D eigenvalue weighted by atomic mass is 16.1. The van der Waals surface area contributed by atoms with E-state index in [2.05, 4.69) is 4.99 Å². The highest BCUT2D eigenvalue weighted by Gasteiger charge is 2.41. The maximum atomic E-state index is 11.9. The molecule has 78 valence electrons. The SMILES string of the molecule is CC1=NC=CC2C(=O)C(C)=C(N)C(=O)C12. The van der Waals surface area contributed by atoms with E-state index in [9.17, 15) is 9.59 Å². The van der Waals surface area contributed by atoms with Crippen LogP contribution in [-0.2, 0) is 9.59 Å². The first kappa shape index (κ1) is 9.83. The highest BCUT2D eigenvalue weighted by Crippen LogP contribution is 2.31. The van der Waals surface area contributed by atoms with Gasteiger partial charge in [-0.05, 0) is 13.8 Å². The first-order valence-electron chi connectivity index (χ1n) is 4.79. The van der Waals surface area contributed by atoms with Gasteiger partial charge in [-0.1, -0.05) is 6.08 Å². The first-order chi connectivity index (χ1) is 7.04. The van der Waals surface area contributed by atoms with Crippen molar-refractivity contribution in [1.29, 1.82) is 0 Å². The molecular weight excluding hydrogens is 192 g/mol. The minimum absolute atomic E-state index is 0.0670. The molecule has 4 heteroatoms. The largest absolute Gasteiger partial charge is 0.396 e. The van der Waals surface area contributed by atoms with Gasteiger partial charge < -0.3 is 5.73 Å². The number of carbonyl (C=O) groups is 2. The lowest BCUT2D eigenvalue weighted by atomic mass is 9.73. The minimum Gasteiger partial charge on any atom is -0.396 e. The Morgan fingerprint density at radius 2 is 1.93 bits per heavy atom. The molecular formula is C11H12N2O2. The second-order valence-corrected chi connectivity index (χ2v) is 3.88. The standard InChI is InChI=1S/C11H12N2O2/c1-5-9(12)11(15)8-6(2)13-4-3-7(8)10(5)14/h3-4,7-8H,12H2,1-2H3. The van der Waals surface area contributed by atoms with Crippen LogP contribution in [0, 0.1) is 11.8 Å². The molecule has 1 aliphatic heterocycles. The molecule has 0 saturated heterocycles. The van der Waals surface area contributed by atoms with Crippen molar-refractivity contribution in [3.05, 3.63) is 23.5 Å². The Hall–Kier alpha value is -1.71. The van der Waals surface area contributed by atoms with Gasteiger partial charge in [-0.25, -0.2) is 0 Å². The van der Waals surface area contributed by atoms with Gasteiger partial charge in [-0.2, -0.15) is 0 Å². The molecule has 0 saturated carbocycles. The number of ketones is 2. The molecule has 0 bridgehead atoms. The molecule has 0 fully saturated rings. The summed E-state index contributed by atoms with van der Waals surface area (Å²) in [5, 5.41) is 0. The summed E-state index contributed by atoms with van der Waals surface area (Å²) in [5.74, 6) is -1.13. The minimum atomic E-state index is -0.480. The van der Waals surface area contributed by atoms with Gasteiger partial charge in [-0.15, -0.1) is 0 Å². The molecule has 4 nitrogen and oxygen atoms in total. The zero-order valence-electron chi connectivity index (χ0n) is 8.65. The number of aliphatic imine (C=N–C) groups is 1. The van der Waals surface area contributed by atoms with Gasteiger partial charge in [0.1, 0.15) is 0 Å². The van der Waals surface area contributed by atoms with Crippen LogP contribution >= 0.6 is 0 Å². The van der Waals surface area contributed by atoms with Crippen LogP contribution in [0.1, 0.15) is 13.8 Å². The topological polar surface area (TPSA) is 72.5 Å². The van der Waals surface area contributed by atoms with Crippen molar-refractivity contribution >= 4 is 17.3 Å². The van der Waals surface area contributed by atoms with Crippen LogP contribution in [0.3, 0.4) is 0 Å². The summed E-state index contributed by atoms with van der Waals surface area (Å²) in [6, 6.07) is 0. The molecule has 0 spiro atoms. The van der Waals surface area contributed by atoms with E-state index in [1.165, 1.54) is 0 Å². The van der Waals surface area contributed by atoms with Gasteiger partial charge >= 0.3 is 0 Å². The van der Waals surface area contributed by atoms with Crippen molar-refractivity contribution in [3.63, 3.8) is 0 Å². The average Bonchev–Trinajstić information content (AvgIpc) is 2.23. The quantitative estimate of drug-likeness (QED) is 0.627. The average molecular weight is 204 g/mol. The zero-order chi connectivity index (χ0) is 11.2. The van der Waals surface area contributed by atoms with Crippen LogP contribution in [0.5, 0.6) is 0 Å². The molecule has 2 atom stereocenters. The Morgan fingerprint density at radius 1 is 1.27 bits per heavy atom. The van der Waals surface area contributed by atoms with Crippen LogP contribution in [0.2, 0.25) is 0 Å². The van der Waals surface area contributed by atoms with Crippen LogP contribution in [0.25, 0.3) is 0 Å². The summed E-state index contributed by atoms with van der Waals surface area (Å²) in [6.07, 6.45) is 3.25. The number of hydrogen-bond acceptors (Lipinski definition) is 4. The van der Waals surface area contributed by atoms with E-state index in [1.54, 1.807) is 26.1 Å². The van der Waals surface area contributed by atoms with Crippen molar-refractivity contribution in [3.8, 4) is 0 Å². The highest BCUT2D eigenvalue weighted by molar-refractivity contribution is 6.22. The fourth-order valence-electron chi connectivity index (χ4n) is 2.03. The fraction of sp³-hybridized carbons (Fsp3) is 0.364. The number of Topliss-reactive ketones (excluding diaryl/α,β-unsaturated/α-hetero) is 2. The van der Waals surface area contributed by atoms with Gasteiger partial charge in [0.2, 0.25) is 0 Å². The molecule has 2 unspecified atom stereocenters. The number of allylic oxidation sites excluding steroid dienone is 3. The van der Waals surface area contributed by atoms with Crippen molar-refractivity contribution < 1.29 is 9.59 Å². The molecule has 0 aromatic rings.